The van der Waals surface area contributed by atoms with Crippen LogP contribution in [0.1, 0.15) is 34.6 Å². The van der Waals surface area contributed by atoms with Crippen LogP contribution in [-0.4, -0.2) is 26.2 Å². The van der Waals surface area contributed by atoms with Gasteiger partial charge in [-0.1, -0.05) is 27.7 Å². The first kappa shape index (κ1) is 17.0. The molecule has 1 N–H and O–H groups in total. The Balaban J connectivity index is 2.59. The summed E-state index contributed by atoms with van der Waals surface area (Å²) in [6.45, 7) is 15.0. The predicted molar refractivity (Wildman–Crippen MR) is 85.8 cm³/mol. The summed E-state index contributed by atoms with van der Waals surface area (Å²) in [6, 6.07) is 6.77. The molecule has 2 nitrogen and oxygen atoms in total. The van der Waals surface area contributed by atoms with Crippen molar-refractivity contribution in [2.45, 2.75) is 34.6 Å². The van der Waals surface area contributed by atoms with Crippen LogP contribution >= 0.6 is 0 Å². The van der Waals surface area contributed by atoms with Gasteiger partial charge in [-0.15, -0.1) is 0 Å². The van der Waals surface area contributed by atoms with E-state index >= 15 is 0 Å². The van der Waals surface area contributed by atoms with Crippen molar-refractivity contribution in [3.63, 3.8) is 0 Å². The van der Waals surface area contributed by atoms with Gasteiger partial charge in [0.15, 0.2) is 0 Å². The van der Waals surface area contributed by atoms with Crippen LogP contribution in [-0.2, 0) is 0 Å². The molecular formula is C17H29FN2. The molecule has 0 bridgehead atoms. The van der Waals surface area contributed by atoms with E-state index in [4.69, 9.17) is 0 Å². The smallest absolute Gasteiger partial charge is 0.123 e. The summed E-state index contributed by atoms with van der Waals surface area (Å²) in [5, 5.41) is 3.53. The monoisotopic (exact) mass is 280 g/mol. The summed E-state index contributed by atoms with van der Waals surface area (Å²) in [7, 11) is 0. The van der Waals surface area contributed by atoms with Crippen LogP contribution in [0.2, 0.25) is 0 Å². The normalized spacial score (nSPS) is 11.9. The highest BCUT2D eigenvalue weighted by Gasteiger charge is 2.21. The predicted octanol–water partition coefficient (Wildman–Crippen LogP) is 3.92. The Bertz CT molecular complexity index is 384. The van der Waals surface area contributed by atoms with Crippen molar-refractivity contribution in [3.8, 4) is 0 Å². The molecule has 0 saturated carbocycles. The lowest BCUT2D eigenvalue weighted by Crippen LogP contribution is -2.41. The molecule has 20 heavy (non-hydrogen) atoms. The van der Waals surface area contributed by atoms with Crippen molar-refractivity contribution in [2.75, 3.05) is 31.1 Å². The van der Waals surface area contributed by atoms with E-state index in [1.54, 1.807) is 0 Å². The fourth-order valence-corrected chi connectivity index (χ4v) is 2.31. The SMILES string of the molecule is CCN(CC(C)(C)CNCC(C)C)c1ccc(F)cc1. The quantitative estimate of drug-likeness (QED) is 0.776. The first-order chi connectivity index (χ1) is 9.34. The molecule has 0 aliphatic rings. The van der Waals surface area contributed by atoms with Crippen molar-refractivity contribution in [2.24, 2.45) is 11.3 Å². The molecular weight excluding hydrogens is 251 g/mol. The molecule has 1 aromatic rings. The van der Waals surface area contributed by atoms with Gasteiger partial charge in [0.05, 0.1) is 0 Å². The van der Waals surface area contributed by atoms with Crippen molar-refractivity contribution in [3.05, 3.63) is 30.1 Å². The maximum Gasteiger partial charge on any atom is 0.123 e. The second-order valence-corrected chi connectivity index (χ2v) is 6.68. The Morgan fingerprint density at radius 2 is 1.80 bits per heavy atom. The van der Waals surface area contributed by atoms with Gasteiger partial charge in [0, 0.05) is 25.3 Å². The van der Waals surface area contributed by atoms with Crippen molar-refractivity contribution in [1.29, 1.82) is 0 Å². The minimum atomic E-state index is -0.178. The summed E-state index contributed by atoms with van der Waals surface area (Å²) < 4.78 is 13.0. The van der Waals surface area contributed by atoms with E-state index in [-0.39, 0.29) is 11.2 Å². The standard InChI is InChI=1S/C17H29FN2/c1-6-20(16-9-7-15(18)8-10-16)13-17(4,5)12-19-11-14(2)3/h7-10,14,19H,6,11-13H2,1-5H3. The molecule has 1 aromatic carbocycles. The molecule has 0 saturated heterocycles. The molecule has 0 aromatic heterocycles. The van der Waals surface area contributed by atoms with Crippen molar-refractivity contribution in [1.82, 2.24) is 5.32 Å². The topological polar surface area (TPSA) is 15.3 Å². The zero-order valence-electron chi connectivity index (χ0n) is 13.5. The molecule has 0 heterocycles. The van der Waals surface area contributed by atoms with Gasteiger partial charge >= 0.3 is 0 Å². The minimum absolute atomic E-state index is 0.178. The first-order valence-corrected chi connectivity index (χ1v) is 7.55. The third kappa shape index (κ3) is 5.91. The molecule has 1 rings (SSSR count). The van der Waals surface area contributed by atoms with Crippen LogP contribution < -0.4 is 10.2 Å². The molecule has 0 amide bonds. The van der Waals surface area contributed by atoms with Crippen molar-refractivity contribution >= 4 is 5.69 Å². The average molecular weight is 280 g/mol. The van der Waals surface area contributed by atoms with E-state index in [9.17, 15) is 4.39 Å². The summed E-state index contributed by atoms with van der Waals surface area (Å²) >= 11 is 0. The maximum absolute atomic E-state index is 13.0. The van der Waals surface area contributed by atoms with Gasteiger partial charge in [0.25, 0.3) is 0 Å². The van der Waals surface area contributed by atoms with E-state index < -0.39 is 0 Å². The number of rotatable bonds is 8. The van der Waals surface area contributed by atoms with Crippen LogP contribution in [0.5, 0.6) is 0 Å². The van der Waals surface area contributed by atoms with E-state index in [2.05, 4.69) is 44.8 Å². The summed E-state index contributed by atoms with van der Waals surface area (Å²) in [5.41, 5.74) is 1.27. The second-order valence-electron chi connectivity index (χ2n) is 6.68. The number of nitrogens with zero attached hydrogens (tertiary/aromatic N) is 1. The number of nitrogens with one attached hydrogen (secondary N) is 1. The lowest BCUT2D eigenvalue weighted by molar-refractivity contribution is 0.334. The zero-order chi connectivity index (χ0) is 15.2. The highest BCUT2D eigenvalue weighted by molar-refractivity contribution is 5.46. The summed E-state index contributed by atoms with van der Waals surface area (Å²) in [5.74, 6) is 0.493. The number of benzene rings is 1. The zero-order valence-corrected chi connectivity index (χ0v) is 13.5. The van der Waals surface area contributed by atoms with Crippen LogP contribution in [0.15, 0.2) is 24.3 Å². The van der Waals surface area contributed by atoms with Gasteiger partial charge in [0.1, 0.15) is 5.82 Å². The number of hydrogen-bond donors (Lipinski definition) is 1. The largest absolute Gasteiger partial charge is 0.371 e. The van der Waals surface area contributed by atoms with Gasteiger partial charge in [0.2, 0.25) is 0 Å². The van der Waals surface area contributed by atoms with E-state index in [0.29, 0.717) is 5.92 Å². The lowest BCUT2D eigenvalue weighted by atomic mass is 9.92. The molecule has 114 valence electrons. The second kappa shape index (κ2) is 7.63. The fourth-order valence-electron chi connectivity index (χ4n) is 2.31. The highest BCUT2D eigenvalue weighted by atomic mass is 19.1. The van der Waals surface area contributed by atoms with Crippen LogP contribution in [0, 0.1) is 17.2 Å². The summed E-state index contributed by atoms with van der Waals surface area (Å²) in [6.07, 6.45) is 0. The summed E-state index contributed by atoms with van der Waals surface area (Å²) in [4.78, 5) is 2.30. The number of hydrogen-bond acceptors (Lipinski definition) is 2. The Morgan fingerprint density at radius 1 is 1.20 bits per heavy atom. The molecule has 0 unspecified atom stereocenters. The van der Waals surface area contributed by atoms with E-state index in [1.165, 1.54) is 12.1 Å². The molecule has 0 atom stereocenters. The van der Waals surface area contributed by atoms with Crippen LogP contribution in [0.25, 0.3) is 0 Å². The molecule has 0 aliphatic heterocycles. The molecule has 0 radical (unpaired) electrons. The van der Waals surface area contributed by atoms with Gasteiger partial charge in [-0.05, 0) is 49.1 Å². The molecule has 0 aliphatic carbocycles. The molecule has 0 spiro atoms. The fraction of sp³-hybridized carbons (Fsp3) is 0.647. The van der Waals surface area contributed by atoms with E-state index in [0.717, 1.165) is 31.9 Å². The van der Waals surface area contributed by atoms with Gasteiger partial charge in [-0.2, -0.15) is 0 Å². The lowest BCUT2D eigenvalue weighted by Gasteiger charge is -2.34. The highest BCUT2D eigenvalue weighted by Crippen LogP contribution is 2.22. The van der Waals surface area contributed by atoms with Gasteiger partial charge < -0.3 is 10.2 Å². The third-order valence-corrected chi connectivity index (χ3v) is 3.35. The Morgan fingerprint density at radius 3 is 2.30 bits per heavy atom. The Labute approximate surface area is 123 Å². The maximum atomic E-state index is 13.0. The van der Waals surface area contributed by atoms with Crippen molar-refractivity contribution < 1.29 is 4.39 Å². The average Bonchev–Trinajstić information content (AvgIpc) is 2.36. The first-order valence-electron chi connectivity index (χ1n) is 7.55. The molecule has 3 heteroatoms. The number of halogens is 1. The van der Waals surface area contributed by atoms with Gasteiger partial charge in [-0.25, -0.2) is 4.39 Å². The Kier molecular flexibility index (Phi) is 6.47. The number of anilines is 1. The van der Waals surface area contributed by atoms with E-state index in [1.807, 2.05) is 12.1 Å². The van der Waals surface area contributed by atoms with Crippen LogP contribution in [0.4, 0.5) is 10.1 Å². The Hall–Kier alpha value is -1.09. The minimum Gasteiger partial charge on any atom is -0.371 e. The van der Waals surface area contributed by atoms with Crippen LogP contribution in [0.3, 0.4) is 0 Å². The third-order valence-electron chi connectivity index (χ3n) is 3.35. The van der Waals surface area contributed by atoms with Gasteiger partial charge in [-0.3, -0.25) is 0 Å². The molecule has 0 fully saturated rings.